The third-order valence-electron chi connectivity index (χ3n) is 7.65. The van der Waals surface area contributed by atoms with E-state index in [0.29, 0.717) is 32.9 Å². The van der Waals surface area contributed by atoms with Crippen LogP contribution in [0.4, 0.5) is 4.39 Å². The highest BCUT2D eigenvalue weighted by atomic mass is 79.9. The number of aliphatic hydroxyl groups is 1. The minimum Gasteiger partial charge on any atom is -0.501 e. The van der Waals surface area contributed by atoms with Crippen LogP contribution in [0.5, 0.6) is 5.75 Å². The number of aromatic hydroxyl groups is 1. The average Bonchev–Trinajstić information content (AvgIpc) is 3.12. The number of carbonyl (C=O) groups is 3. The normalized spacial score (nSPS) is 21.6. The number of aliphatic hydroxyl groups excluding tert-OH is 1. The predicted octanol–water partition coefficient (Wildman–Crippen LogP) is 1.82. The molecule has 4 N–H and O–H groups in total. The van der Waals surface area contributed by atoms with Gasteiger partial charge in [-0.15, -0.1) is 0 Å². The molecule has 0 spiro atoms. The molecule has 0 saturated heterocycles. The van der Waals surface area contributed by atoms with Crippen molar-refractivity contribution in [1.82, 2.24) is 25.1 Å². The SMILES string of the molecule is Cc1c(F)cc(Br)c(CNC(=O)c2nc3n(c(=O)c2O)CC2(CO)CCC3(NC(=O)C(=O)N(C)C)CC2)c1Br. The molecule has 2 bridgehead atoms. The first-order valence-corrected chi connectivity index (χ1v) is 13.7. The monoisotopic (exact) mass is 671 g/mol. The number of likely N-dealkylation sites (N-methyl/N-ethyl adjacent to an activating group) is 1. The van der Waals surface area contributed by atoms with Crippen molar-refractivity contribution in [2.45, 2.75) is 51.2 Å². The van der Waals surface area contributed by atoms with E-state index < -0.39 is 51.5 Å². The second-order valence-electron chi connectivity index (χ2n) is 10.4. The first-order chi connectivity index (χ1) is 18.3. The van der Waals surface area contributed by atoms with Crippen LogP contribution in [0.25, 0.3) is 0 Å². The summed E-state index contributed by atoms with van der Waals surface area (Å²) < 4.78 is 16.0. The Morgan fingerprint density at radius 2 is 1.85 bits per heavy atom. The van der Waals surface area contributed by atoms with Crippen LogP contribution in [-0.2, 0) is 28.2 Å². The summed E-state index contributed by atoms with van der Waals surface area (Å²) in [6.45, 7) is 1.27. The van der Waals surface area contributed by atoms with Crippen molar-refractivity contribution in [3.63, 3.8) is 0 Å². The van der Waals surface area contributed by atoms with Gasteiger partial charge >= 0.3 is 11.8 Å². The average molecular weight is 673 g/mol. The summed E-state index contributed by atoms with van der Waals surface area (Å²) in [5.74, 6) is -3.87. The quantitative estimate of drug-likeness (QED) is 0.354. The zero-order valence-electron chi connectivity index (χ0n) is 21.5. The Morgan fingerprint density at radius 3 is 2.44 bits per heavy atom. The molecule has 14 heteroatoms. The zero-order valence-corrected chi connectivity index (χ0v) is 24.7. The number of hydrogen-bond donors (Lipinski definition) is 4. The standard InChI is InChI=1S/C25H28Br2FN5O6/c1-12-15(28)8-14(26)13(16(12)27)9-29-19(36)17-18(35)21(38)33-10-24(11-34)4-6-25(7-5-24,23(33)30-17)31-20(37)22(39)32(2)3/h8,34-35H,4-7,9-11H2,1-3H3,(H,29,36)(H,31,37). The molecular formula is C25H28Br2FN5O6. The Kier molecular flexibility index (Phi) is 7.94. The minimum atomic E-state index is -1.28. The van der Waals surface area contributed by atoms with E-state index in [0.717, 1.165) is 4.90 Å². The highest BCUT2D eigenvalue weighted by molar-refractivity contribution is 9.11. The summed E-state index contributed by atoms with van der Waals surface area (Å²) >= 11 is 6.60. The number of halogens is 3. The number of hydrogen-bond acceptors (Lipinski definition) is 7. The van der Waals surface area contributed by atoms with E-state index in [1.165, 1.54) is 24.7 Å². The number of amides is 3. The van der Waals surface area contributed by atoms with Crippen molar-refractivity contribution in [2.75, 3.05) is 20.7 Å². The lowest BCUT2D eigenvalue weighted by molar-refractivity contribution is -0.145. The van der Waals surface area contributed by atoms with Crippen molar-refractivity contribution in [2.24, 2.45) is 5.41 Å². The largest absolute Gasteiger partial charge is 0.501 e. The van der Waals surface area contributed by atoms with Crippen LogP contribution in [0.15, 0.2) is 19.8 Å². The fourth-order valence-corrected chi connectivity index (χ4v) is 6.51. The van der Waals surface area contributed by atoms with Crippen LogP contribution >= 0.6 is 31.9 Å². The second-order valence-corrected chi connectivity index (χ2v) is 12.0. The van der Waals surface area contributed by atoms with E-state index in [4.69, 9.17) is 0 Å². The molecule has 1 aliphatic carbocycles. The Morgan fingerprint density at radius 1 is 1.21 bits per heavy atom. The van der Waals surface area contributed by atoms with Crippen molar-refractivity contribution in [1.29, 1.82) is 0 Å². The summed E-state index contributed by atoms with van der Waals surface area (Å²) in [6, 6.07) is 1.26. The number of rotatable bonds is 5. The topological polar surface area (TPSA) is 154 Å². The van der Waals surface area contributed by atoms with Crippen LogP contribution in [0.2, 0.25) is 0 Å². The Labute approximate surface area is 240 Å². The predicted molar refractivity (Wildman–Crippen MR) is 144 cm³/mol. The fourth-order valence-electron chi connectivity index (χ4n) is 5.16. The van der Waals surface area contributed by atoms with Gasteiger partial charge in [0, 0.05) is 47.1 Å². The molecule has 11 nitrogen and oxygen atoms in total. The summed E-state index contributed by atoms with van der Waals surface area (Å²) in [5, 5.41) is 26.3. The number of nitrogens with one attached hydrogen (secondary N) is 2. The summed E-state index contributed by atoms with van der Waals surface area (Å²) in [5.41, 5.74) is -2.54. The molecule has 1 saturated carbocycles. The number of nitrogens with zero attached hydrogens (tertiary/aromatic N) is 3. The van der Waals surface area contributed by atoms with E-state index in [-0.39, 0.29) is 38.4 Å². The molecule has 5 rings (SSSR count). The zero-order chi connectivity index (χ0) is 28.9. The summed E-state index contributed by atoms with van der Waals surface area (Å²) in [6.07, 6.45) is 1.34. The Hall–Kier alpha value is -2.84. The van der Waals surface area contributed by atoms with E-state index >= 15 is 0 Å². The van der Waals surface area contributed by atoms with Gasteiger partial charge in [0.05, 0.1) is 12.1 Å². The van der Waals surface area contributed by atoms with E-state index in [2.05, 4.69) is 47.5 Å². The molecule has 1 aromatic heterocycles. The van der Waals surface area contributed by atoms with Crippen molar-refractivity contribution in [3.05, 3.63) is 53.8 Å². The fraction of sp³-hybridized carbons (Fsp3) is 0.480. The first kappa shape index (κ1) is 29.2. The lowest BCUT2D eigenvalue weighted by Gasteiger charge is -2.41. The molecule has 0 radical (unpaired) electrons. The van der Waals surface area contributed by atoms with Crippen molar-refractivity contribution in [3.8, 4) is 5.75 Å². The van der Waals surface area contributed by atoms with Gasteiger partial charge in [0.2, 0.25) is 5.75 Å². The van der Waals surface area contributed by atoms with Crippen molar-refractivity contribution >= 4 is 49.6 Å². The van der Waals surface area contributed by atoms with Gasteiger partial charge in [-0.3, -0.25) is 23.7 Å². The molecule has 2 aromatic rings. The number of benzene rings is 1. The second kappa shape index (κ2) is 10.6. The van der Waals surface area contributed by atoms with Crippen LogP contribution in [-0.4, -0.2) is 63.1 Å². The summed E-state index contributed by atoms with van der Waals surface area (Å²) in [7, 11) is 2.86. The number of fused-ring (bicyclic) bond motifs is 2. The van der Waals surface area contributed by atoms with Crippen LogP contribution < -0.4 is 16.2 Å². The van der Waals surface area contributed by atoms with Gasteiger partial charge in [-0.05, 0) is 44.2 Å². The molecule has 3 heterocycles. The molecule has 0 atom stereocenters. The van der Waals surface area contributed by atoms with Gasteiger partial charge in [0.25, 0.3) is 11.5 Å². The molecule has 1 aromatic carbocycles. The van der Waals surface area contributed by atoms with E-state index in [9.17, 15) is 33.8 Å². The molecule has 2 aliphatic heterocycles. The third kappa shape index (κ3) is 5.09. The summed E-state index contributed by atoms with van der Waals surface area (Å²) in [4.78, 5) is 57.3. The third-order valence-corrected chi connectivity index (χ3v) is 9.44. The molecule has 0 unspecified atom stereocenters. The van der Waals surface area contributed by atoms with Gasteiger partial charge < -0.3 is 25.7 Å². The molecule has 39 heavy (non-hydrogen) atoms. The van der Waals surface area contributed by atoms with Crippen LogP contribution in [0, 0.1) is 18.2 Å². The maximum atomic E-state index is 14.0. The molecule has 1 fully saturated rings. The van der Waals surface area contributed by atoms with Gasteiger partial charge in [-0.25, -0.2) is 9.37 Å². The molecular weight excluding hydrogens is 645 g/mol. The maximum Gasteiger partial charge on any atom is 0.311 e. The maximum absolute atomic E-state index is 14.0. The first-order valence-electron chi connectivity index (χ1n) is 12.2. The van der Waals surface area contributed by atoms with Crippen LogP contribution in [0.1, 0.15) is 53.1 Å². The molecule has 3 amide bonds. The highest BCUT2D eigenvalue weighted by Gasteiger charge is 2.52. The Bertz CT molecular complexity index is 1440. The van der Waals surface area contributed by atoms with Crippen molar-refractivity contribution < 1.29 is 29.0 Å². The lowest BCUT2D eigenvalue weighted by Crippen LogP contribution is -2.54. The van der Waals surface area contributed by atoms with E-state index in [1.54, 1.807) is 6.92 Å². The van der Waals surface area contributed by atoms with E-state index in [1.807, 2.05) is 0 Å². The smallest absolute Gasteiger partial charge is 0.311 e. The number of carbonyl (C=O) groups excluding carboxylic acids is 3. The molecule has 210 valence electrons. The number of aromatic nitrogens is 2. The van der Waals surface area contributed by atoms with Crippen LogP contribution in [0.3, 0.4) is 0 Å². The van der Waals surface area contributed by atoms with Gasteiger partial charge in [0.1, 0.15) is 11.6 Å². The van der Waals surface area contributed by atoms with Gasteiger partial charge in [-0.1, -0.05) is 31.9 Å². The molecule has 3 aliphatic rings. The lowest BCUT2D eigenvalue weighted by atomic mass is 9.69. The van der Waals surface area contributed by atoms with Gasteiger partial charge in [-0.2, -0.15) is 0 Å². The minimum absolute atomic E-state index is 0.0219. The highest BCUT2D eigenvalue weighted by Crippen LogP contribution is 2.49. The Balaban J connectivity index is 1.76. The van der Waals surface area contributed by atoms with Gasteiger partial charge in [0.15, 0.2) is 5.69 Å².